The van der Waals surface area contributed by atoms with Gasteiger partial charge in [0.05, 0.1) is 13.2 Å². The lowest BCUT2D eigenvalue weighted by Crippen LogP contribution is -2.37. The molecule has 1 aromatic carbocycles. The zero-order valence-electron chi connectivity index (χ0n) is 13.7. The molecule has 6 heteroatoms. The van der Waals surface area contributed by atoms with Crippen molar-refractivity contribution in [2.24, 2.45) is 5.92 Å². The number of Topliss-reactive ketones (excluding diaryl/α,β-unsaturated/α-hetero) is 1. The number of ketones is 1. The fourth-order valence-corrected chi connectivity index (χ4v) is 4.76. The summed E-state index contributed by atoms with van der Waals surface area (Å²) in [4.78, 5) is 14.9. The number of carbonyl (C=O) groups is 1. The van der Waals surface area contributed by atoms with Crippen molar-refractivity contribution in [3.8, 4) is 11.5 Å². The summed E-state index contributed by atoms with van der Waals surface area (Å²) >= 11 is 0. The smallest absolute Gasteiger partial charge is 0.231 e. The van der Waals surface area contributed by atoms with E-state index in [1.165, 1.54) is 11.1 Å². The van der Waals surface area contributed by atoms with E-state index >= 15 is 0 Å². The second-order valence-corrected chi connectivity index (χ2v) is 7.05. The number of fused-ring (bicyclic) bond motifs is 5. The number of hydrogen-bond donors (Lipinski definition) is 0. The Morgan fingerprint density at radius 1 is 1.21 bits per heavy atom. The average molecular weight is 331 g/mol. The monoisotopic (exact) mass is 331 g/mol. The van der Waals surface area contributed by atoms with E-state index in [-0.39, 0.29) is 36.7 Å². The maximum absolute atomic E-state index is 12.5. The fourth-order valence-electron chi connectivity index (χ4n) is 4.76. The van der Waals surface area contributed by atoms with Gasteiger partial charge in [0, 0.05) is 37.4 Å². The second kappa shape index (κ2) is 5.44. The standard InChI is InChI=1S/C18H21NO5/c1-10(20)18-13-8-19(14(18)6-17-21-2-3-22-17)7-11-4-15-16(5-12(11)13)24-9-23-15/h4-5,13-14,17-18H,2-3,6-9H2,1H3/t13-,14-,18-/m0/s1. The Morgan fingerprint density at radius 2 is 1.96 bits per heavy atom. The molecule has 0 aromatic heterocycles. The van der Waals surface area contributed by atoms with Crippen LogP contribution in [0.2, 0.25) is 0 Å². The van der Waals surface area contributed by atoms with Gasteiger partial charge in [0.25, 0.3) is 0 Å². The summed E-state index contributed by atoms with van der Waals surface area (Å²) in [6, 6.07) is 4.33. The summed E-state index contributed by atoms with van der Waals surface area (Å²) < 4.78 is 22.3. The topological polar surface area (TPSA) is 57.2 Å². The van der Waals surface area contributed by atoms with E-state index in [0.717, 1.165) is 31.0 Å². The lowest BCUT2D eigenvalue weighted by Gasteiger charge is -2.29. The Morgan fingerprint density at radius 3 is 2.71 bits per heavy atom. The second-order valence-electron chi connectivity index (χ2n) is 7.05. The average Bonchev–Trinajstić information content (AvgIpc) is 3.27. The predicted octanol–water partition coefficient (Wildman–Crippen LogP) is 1.66. The molecule has 128 valence electrons. The lowest BCUT2D eigenvalue weighted by atomic mass is 9.80. The third-order valence-corrected chi connectivity index (χ3v) is 5.75. The van der Waals surface area contributed by atoms with Gasteiger partial charge in [0.1, 0.15) is 5.78 Å². The minimum Gasteiger partial charge on any atom is -0.454 e. The zero-order valence-corrected chi connectivity index (χ0v) is 13.7. The van der Waals surface area contributed by atoms with E-state index in [1.807, 2.05) is 0 Å². The molecule has 0 amide bonds. The van der Waals surface area contributed by atoms with Crippen LogP contribution in [0.15, 0.2) is 12.1 Å². The van der Waals surface area contributed by atoms with Gasteiger partial charge >= 0.3 is 0 Å². The molecule has 24 heavy (non-hydrogen) atoms. The van der Waals surface area contributed by atoms with Crippen LogP contribution >= 0.6 is 0 Å². The van der Waals surface area contributed by atoms with Gasteiger partial charge in [0.2, 0.25) is 6.79 Å². The highest BCUT2D eigenvalue weighted by Gasteiger charge is 2.49. The van der Waals surface area contributed by atoms with Crippen LogP contribution in [0.5, 0.6) is 11.5 Å². The summed E-state index contributed by atoms with van der Waals surface area (Å²) in [5.74, 6) is 2.06. The first kappa shape index (κ1) is 14.7. The Balaban J connectivity index is 1.50. The molecule has 5 rings (SSSR count). The third-order valence-electron chi connectivity index (χ3n) is 5.75. The highest BCUT2D eigenvalue weighted by molar-refractivity contribution is 5.81. The lowest BCUT2D eigenvalue weighted by molar-refractivity contribution is -0.123. The quantitative estimate of drug-likeness (QED) is 0.840. The minimum absolute atomic E-state index is 0.0144. The summed E-state index contributed by atoms with van der Waals surface area (Å²) in [6.07, 6.45) is 0.567. The first-order valence-electron chi connectivity index (χ1n) is 8.61. The van der Waals surface area contributed by atoms with Crippen molar-refractivity contribution in [2.75, 3.05) is 26.6 Å². The first-order valence-corrected chi connectivity index (χ1v) is 8.61. The Bertz CT molecular complexity index is 684. The third kappa shape index (κ3) is 2.17. The molecule has 1 aromatic rings. The van der Waals surface area contributed by atoms with E-state index in [0.29, 0.717) is 13.2 Å². The van der Waals surface area contributed by atoms with Gasteiger partial charge in [0.15, 0.2) is 17.8 Å². The fraction of sp³-hybridized carbons (Fsp3) is 0.611. The van der Waals surface area contributed by atoms with Crippen molar-refractivity contribution >= 4 is 5.78 Å². The number of carbonyl (C=O) groups excluding carboxylic acids is 1. The van der Waals surface area contributed by atoms with E-state index in [9.17, 15) is 4.79 Å². The molecule has 0 aliphatic carbocycles. The van der Waals surface area contributed by atoms with Crippen LogP contribution in [0.1, 0.15) is 30.4 Å². The number of ether oxygens (including phenoxy) is 4. The largest absolute Gasteiger partial charge is 0.454 e. The van der Waals surface area contributed by atoms with Gasteiger partial charge in [-0.2, -0.15) is 0 Å². The molecule has 2 fully saturated rings. The molecule has 2 saturated heterocycles. The van der Waals surface area contributed by atoms with Gasteiger partial charge < -0.3 is 18.9 Å². The van der Waals surface area contributed by atoms with E-state index in [4.69, 9.17) is 18.9 Å². The molecule has 2 bridgehead atoms. The SMILES string of the molecule is CC(=O)[C@H]1[C@H]2CN(Cc3cc4c(cc32)OCO4)[C@H]1CC1OCCO1. The summed E-state index contributed by atoms with van der Waals surface area (Å²) in [5, 5.41) is 0. The molecule has 4 heterocycles. The van der Waals surface area contributed by atoms with Gasteiger partial charge in [-0.25, -0.2) is 0 Å². The van der Waals surface area contributed by atoms with Crippen LogP contribution in [0.25, 0.3) is 0 Å². The van der Waals surface area contributed by atoms with E-state index in [1.54, 1.807) is 6.92 Å². The van der Waals surface area contributed by atoms with Crippen molar-refractivity contribution in [3.63, 3.8) is 0 Å². The van der Waals surface area contributed by atoms with Crippen molar-refractivity contribution in [1.29, 1.82) is 0 Å². The summed E-state index contributed by atoms with van der Waals surface area (Å²) in [6.45, 7) is 5.03. The molecule has 4 aliphatic rings. The number of hydrogen-bond acceptors (Lipinski definition) is 6. The molecule has 1 unspecified atom stereocenters. The van der Waals surface area contributed by atoms with Crippen molar-refractivity contribution in [2.45, 2.75) is 38.1 Å². The maximum atomic E-state index is 12.5. The predicted molar refractivity (Wildman–Crippen MR) is 84.0 cm³/mol. The number of rotatable bonds is 3. The van der Waals surface area contributed by atoms with Crippen molar-refractivity contribution in [3.05, 3.63) is 23.3 Å². The summed E-state index contributed by atoms with van der Waals surface area (Å²) in [5.41, 5.74) is 2.49. The Hall–Kier alpha value is -1.63. The van der Waals surface area contributed by atoms with E-state index < -0.39 is 0 Å². The Labute approximate surface area is 140 Å². The van der Waals surface area contributed by atoms with Crippen molar-refractivity contribution < 1.29 is 23.7 Å². The molecule has 0 radical (unpaired) electrons. The van der Waals surface area contributed by atoms with Crippen molar-refractivity contribution in [1.82, 2.24) is 4.90 Å². The highest BCUT2D eigenvalue weighted by atomic mass is 16.7. The molecule has 0 saturated carbocycles. The molecular formula is C18H21NO5. The van der Waals surface area contributed by atoms with E-state index in [2.05, 4.69) is 17.0 Å². The normalized spacial score (nSPS) is 33.7. The molecule has 0 N–H and O–H groups in total. The number of nitrogens with zero attached hydrogens (tertiary/aromatic N) is 1. The molecule has 6 nitrogen and oxygen atoms in total. The molecule has 4 atom stereocenters. The molecule has 0 spiro atoms. The minimum atomic E-state index is -0.184. The van der Waals surface area contributed by atoms with Gasteiger partial charge in [-0.3, -0.25) is 9.69 Å². The van der Waals surface area contributed by atoms with Crippen LogP contribution < -0.4 is 9.47 Å². The highest BCUT2D eigenvalue weighted by Crippen LogP contribution is 2.49. The zero-order chi connectivity index (χ0) is 16.3. The van der Waals surface area contributed by atoms with Crippen LogP contribution in [-0.4, -0.2) is 49.6 Å². The van der Waals surface area contributed by atoms with Crippen LogP contribution in [0.4, 0.5) is 0 Å². The molecule has 4 aliphatic heterocycles. The van der Waals surface area contributed by atoms with Crippen LogP contribution in [0, 0.1) is 5.92 Å². The Kier molecular flexibility index (Phi) is 3.33. The van der Waals surface area contributed by atoms with Gasteiger partial charge in [-0.05, 0) is 30.2 Å². The summed E-state index contributed by atoms with van der Waals surface area (Å²) in [7, 11) is 0. The maximum Gasteiger partial charge on any atom is 0.231 e. The van der Waals surface area contributed by atoms with Crippen LogP contribution in [-0.2, 0) is 20.8 Å². The van der Waals surface area contributed by atoms with Crippen LogP contribution in [0.3, 0.4) is 0 Å². The first-order chi connectivity index (χ1) is 11.7. The van der Waals surface area contributed by atoms with Gasteiger partial charge in [-0.15, -0.1) is 0 Å². The molecular weight excluding hydrogens is 310 g/mol. The van der Waals surface area contributed by atoms with Gasteiger partial charge in [-0.1, -0.05) is 0 Å². The number of benzene rings is 1.